The van der Waals surface area contributed by atoms with Crippen molar-refractivity contribution in [1.29, 1.82) is 0 Å². The molecule has 0 aromatic heterocycles. The highest BCUT2D eigenvalue weighted by molar-refractivity contribution is 4.87. The van der Waals surface area contributed by atoms with Gasteiger partial charge in [-0.2, -0.15) is 0 Å². The quantitative estimate of drug-likeness (QED) is 0.702. The van der Waals surface area contributed by atoms with Crippen LogP contribution >= 0.6 is 0 Å². The monoisotopic (exact) mass is 209 g/mol. The van der Waals surface area contributed by atoms with E-state index in [1.807, 2.05) is 0 Å². The molecule has 2 aliphatic carbocycles. The maximum absolute atomic E-state index is 6.30. The van der Waals surface area contributed by atoms with Gasteiger partial charge in [0.05, 0.1) is 0 Å². The molecule has 0 aromatic rings. The summed E-state index contributed by atoms with van der Waals surface area (Å²) in [7, 11) is 0. The van der Waals surface area contributed by atoms with Crippen LogP contribution in [-0.4, -0.2) is 6.04 Å². The van der Waals surface area contributed by atoms with E-state index in [0.717, 1.165) is 23.7 Å². The fourth-order valence-electron chi connectivity index (χ4n) is 4.13. The van der Waals surface area contributed by atoms with Gasteiger partial charge in [0.1, 0.15) is 0 Å². The third-order valence-electron chi connectivity index (χ3n) is 4.70. The molecule has 2 saturated carbocycles. The highest BCUT2D eigenvalue weighted by Crippen LogP contribution is 2.41. The fraction of sp³-hybridized carbons (Fsp3) is 1.00. The predicted octanol–water partition coefficient (Wildman–Crippen LogP) is 3.58. The van der Waals surface area contributed by atoms with E-state index in [2.05, 4.69) is 13.8 Å². The molecule has 0 aromatic carbocycles. The van der Waals surface area contributed by atoms with Crippen molar-refractivity contribution >= 4 is 0 Å². The van der Waals surface area contributed by atoms with E-state index in [9.17, 15) is 0 Å². The second-order valence-corrected chi connectivity index (χ2v) is 6.29. The fourth-order valence-corrected chi connectivity index (χ4v) is 4.13. The Labute approximate surface area is 94.8 Å². The lowest BCUT2D eigenvalue weighted by Crippen LogP contribution is -2.40. The molecule has 4 unspecified atom stereocenters. The van der Waals surface area contributed by atoms with Gasteiger partial charge in [-0.15, -0.1) is 0 Å². The molecular formula is C14H27N. The summed E-state index contributed by atoms with van der Waals surface area (Å²) >= 11 is 0. The molecule has 88 valence electrons. The Morgan fingerprint density at radius 3 is 2.07 bits per heavy atom. The summed E-state index contributed by atoms with van der Waals surface area (Å²) in [4.78, 5) is 0. The van der Waals surface area contributed by atoms with Crippen molar-refractivity contribution in [3.05, 3.63) is 0 Å². The molecule has 0 amide bonds. The van der Waals surface area contributed by atoms with Crippen molar-refractivity contribution in [1.82, 2.24) is 0 Å². The van der Waals surface area contributed by atoms with Crippen LogP contribution in [0.3, 0.4) is 0 Å². The van der Waals surface area contributed by atoms with Gasteiger partial charge in [-0.1, -0.05) is 26.7 Å². The summed E-state index contributed by atoms with van der Waals surface area (Å²) in [6.45, 7) is 4.86. The summed E-state index contributed by atoms with van der Waals surface area (Å²) in [5, 5.41) is 0. The average molecular weight is 209 g/mol. The van der Waals surface area contributed by atoms with E-state index >= 15 is 0 Å². The minimum atomic E-state index is 0.515. The second-order valence-electron chi connectivity index (χ2n) is 6.29. The number of hydrogen-bond donors (Lipinski definition) is 1. The molecule has 4 atom stereocenters. The van der Waals surface area contributed by atoms with Crippen molar-refractivity contribution in [2.45, 2.75) is 64.8 Å². The first kappa shape index (κ1) is 11.4. The van der Waals surface area contributed by atoms with Crippen LogP contribution < -0.4 is 5.73 Å². The summed E-state index contributed by atoms with van der Waals surface area (Å²) in [6.07, 6.45) is 9.83. The van der Waals surface area contributed by atoms with Crippen LogP contribution in [0.1, 0.15) is 58.8 Å². The topological polar surface area (TPSA) is 26.0 Å². The Morgan fingerprint density at radius 2 is 1.47 bits per heavy atom. The summed E-state index contributed by atoms with van der Waals surface area (Å²) in [6, 6.07) is 0.515. The zero-order valence-electron chi connectivity index (χ0n) is 10.4. The number of nitrogens with two attached hydrogens (primary N) is 1. The Balaban J connectivity index is 1.95. The lowest BCUT2D eigenvalue weighted by atomic mass is 9.66. The van der Waals surface area contributed by atoms with Gasteiger partial charge in [-0.05, 0) is 55.8 Å². The molecule has 0 spiro atoms. The van der Waals surface area contributed by atoms with Crippen molar-refractivity contribution in [2.75, 3.05) is 0 Å². The van der Waals surface area contributed by atoms with E-state index < -0.39 is 0 Å². The van der Waals surface area contributed by atoms with Crippen molar-refractivity contribution < 1.29 is 0 Å². The zero-order valence-corrected chi connectivity index (χ0v) is 10.4. The van der Waals surface area contributed by atoms with Crippen molar-refractivity contribution in [2.24, 2.45) is 29.4 Å². The first-order valence-electron chi connectivity index (χ1n) is 6.92. The first-order valence-corrected chi connectivity index (χ1v) is 6.92. The van der Waals surface area contributed by atoms with Crippen LogP contribution in [0.4, 0.5) is 0 Å². The van der Waals surface area contributed by atoms with Gasteiger partial charge in [-0.3, -0.25) is 0 Å². The van der Waals surface area contributed by atoms with E-state index in [-0.39, 0.29) is 0 Å². The summed E-state index contributed by atoms with van der Waals surface area (Å²) < 4.78 is 0. The molecule has 0 bridgehead atoms. The third kappa shape index (κ3) is 2.75. The molecule has 1 heteroatoms. The molecule has 0 aliphatic heterocycles. The van der Waals surface area contributed by atoms with Gasteiger partial charge < -0.3 is 5.73 Å². The average Bonchev–Trinajstić information content (AvgIpc) is 2.16. The Bertz CT molecular complexity index is 192. The normalized spacial score (nSPS) is 47.8. The lowest BCUT2D eigenvalue weighted by molar-refractivity contribution is 0.118. The smallest absolute Gasteiger partial charge is 0.00698 e. The molecule has 0 radical (unpaired) electrons. The molecule has 0 heterocycles. The van der Waals surface area contributed by atoms with E-state index in [1.165, 1.54) is 44.9 Å². The van der Waals surface area contributed by atoms with Crippen molar-refractivity contribution in [3.63, 3.8) is 0 Å². The molecule has 2 N–H and O–H groups in total. The van der Waals surface area contributed by atoms with Crippen LogP contribution in [0.2, 0.25) is 0 Å². The molecule has 2 fully saturated rings. The number of hydrogen-bond acceptors (Lipinski definition) is 1. The lowest BCUT2D eigenvalue weighted by Gasteiger charge is -2.41. The van der Waals surface area contributed by atoms with Crippen LogP contribution in [0.5, 0.6) is 0 Å². The maximum Gasteiger partial charge on any atom is 0.00698 e. The molecular weight excluding hydrogens is 182 g/mol. The van der Waals surface area contributed by atoms with Gasteiger partial charge in [0.15, 0.2) is 0 Å². The highest BCUT2D eigenvalue weighted by atomic mass is 14.7. The minimum Gasteiger partial charge on any atom is -0.327 e. The van der Waals surface area contributed by atoms with Crippen LogP contribution in [0.15, 0.2) is 0 Å². The van der Waals surface area contributed by atoms with Crippen LogP contribution in [0.25, 0.3) is 0 Å². The molecule has 0 saturated heterocycles. The first-order chi connectivity index (χ1) is 7.16. The van der Waals surface area contributed by atoms with Gasteiger partial charge in [0.25, 0.3) is 0 Å². The Morgan fingerprint density at radius 1 is 0.867 bits per heavy atom. The Kier molecular flexibility index (Phi) is 3.71. The van der Waals surface area contributed by atoms with E-state index in [0.29, 0.717) is 6.04 Å². The van der Waals surface area contributed by atoms with Crippen LogP contribution in [-0.2, 0) is 0 Å². The SMILES string of the molecule is CC1CC(C)CC(C2CCCCC2N)C1. The molecule has 2 aliphatic rings. The standard InChI is InChI=1S/C14H27N/c1-10-7-11(2)9-12(8-10)13-5-3-4-6-14(13)15/h10-14H,3-9,15H2,1-2H3. The molecule has 15 heavy (non-hydrogen) atoms. The third-order valence-corrected chi connectivity index (χ3v) is 4.70. The van der Waals surface area contributed by atoms with E-state index in [4.69, 9.17) is 5.73 Å². The molecule has 2 rings (SSSR count). The van der Waals surface area contributed by atoms with Crippen molar-refractivity contribution in [3.8, 4) is 0 Å². The van der Waals surface area contributed by atoms with E-state index in [1.54, 1.807) is 0 Å². The minimum absolute atomic E-state index is 0.515. The van der Waals surface area contributed by atoms with Gasteiger partial charge >= 0.3 is 0 Å². The number of rotatable bonds is 1. The van der Waals surface area contributed by atoms with Crippen LogP contribution in [0, 0.1) is 23.7 Å². The zero-order chi connectivity index (χ0) is 10.8. The highest BCUT2D eigenvalue weighted by Gasteiger charge is 2.34. The van der Waals surface area contributed by atoms with Gasteiger partial charge in [-0.25, -0.2) is 0 Å². The maximum atomic E-state index is 6.30. The predicted molar refractivity (Wildman–Crippen MR) is 65.6 cm³/mol. The second kappa shape index (κ2) is 4.86. The van der Waals surface area contributed by atoms with Gasteiger partial charge in [0, 0.05) is 6.04 Å². The van der Waals surface area contributed by atoms with Gasteiger partial charge in [0.2, 0.25) is 0 Å². The Hall–Kier alpha value is -0.0400. The summed E-state index contributed by atoms with van der Waals surface area (Å²) in [5.74, 6) is 3.67. The molecule has 1 nitrogen and oxygen atoms in total. The summed E-state index contributed by atoms with van der Waals surface area (Å²) in [5.41, 5.74) is 6.30. The largest absolute Gasteiger partial charge is 0.327 e.